The molecule has 0 aliphatic carbocycles. The van der Waals surface area contributed by atoms with Crippen molar-refractivity contribution in [1.82, 2.24) is 0 Å². The molecule has 0 saturated heterocycles. The van der Waals surface area contributed by atoms with Crippen LogP contribution in [0.15, 0.2) is 0 Å². The van der Waals surface area contributed by atoms with Crippen molar-refractivity contribution in [1.29, 1.82) is 0 Å². The number of halogens is 1. The Hall–Kier alpha value is 1.01. The van der Waals surface area contributed by atoms with Crippen molar-refractivity contribution < 1.29 is 17.0 Å². The summed E-state index contributed by atoms with van der Waals surface area (Å²) in [4.78, 5) is 0. The van der Waals surface area contributed by atoms with E-state index in [0.29, 0.717) is 0 Å². The Bertz CT molecular complexity index is 54.3. The summed E-state index contributed by atoms with van der Waals surface area (Å²) in [6, 6.07) is 0. The van der Waals surface area contributed by atoms with E-state index in [1.807, 2.05) is 0 Å². The zero-order valence-corrected chi connectivity index (χ0v) is 10.3. The van der Waals surface area contributed by atoms with Crippen LogP contribution < -0.4 is 17.0 Å². The molecule has 0 amide bonds. The van der Waals surface area contributed by atoms with E-state index in [2.05, 4.69) is 27.7 Å². The van der Waals surface area contributed by atoms with Crippen LogP contribution in [0, 0.1) is 11.8 Å². The summed E-state index contributed by atoms with van der Waals surface area (Å²) in [7, 11) is 0. The molecule has 0 N–H and O–H groups in total. The summed E-state index contributed by atoms with van der Waals surface area (Å²) >= 11 is 0.755. The molecule has 0 atom stereocenters. The SMILES string of the molecule is CC(C)[CH2][Al+][CH2]C(C)C.[Br-]. The molecule has 2 heteroatoms. The smallest absolute Gasteiger partial charge is 1.00 e. The van der Waals surface area contributed by atoms with Crippen molar-refractivity contribution in [3.05, 3.63) is 0 Å². The van der Waals surface area contributed by atoms with Gasteiger partial charge in [0.1, 0.15) is 0 Å². The van der Waals surface area contributed by atoms with E-state index in [1.165, 1.54) is 10.6 Å². The van der Waals surface area contributed by atoms with E-state index in [9.17, 15) is 0 Å². The maximum atomic E-state index is 2.31. The van der Waals surface area contributed by atoms with E-state index >= 15 is 0 Å². The molecule has 0 aliphatic heterocycles. The summed E-state index contributed by atoms with van der Waals surface area (Å²) < 4.78 is 0. The van der Waals surface area contributed by atoms with Crippen LogP contribution in [-0.2, 0) is 0 Å². The van der Waals surface area contributed by atoms with Crippen LogP contribution in [-0.4, -0.2) is 15.2 Å². The van der Waals surface area contributed by atoms with Crippen LogP contribution in [0.3, 0.4) is 0 Å². The molecule has 0 nitrogen and oxygen atoms in total. The zero-order chi connectivity index (χ0) is 7.28. The summed E-state index contributed by atoms with van der Waals surface area (Å²) in [5, 5.41) is 2.97. The van der Waals surface area contributed by atoms with E-state index in [1.54, 1.807) is 0 Å². The van der Waals surface area contributed by atoms with Crippen LogP contribution in [0.5, 0.6) is 0 Å². The maximum absolute atomic E-state index is 2.31. The van der Waals surface area contributed by atoms with Crippen molar-refractivity contribution in [3.63, 3.8) is 0 Å². The Labute approximate surface area is 82.3 Å². The molecule has 60 valence electrons. The van der Waals surface area contributed by atoms with Crippen molar-refractivity contribution >= 4 is 15.2 Å². The first-order chi connectivity index (χ1) is 4.13. The number of hydrogen-bond acceptors (Lipinski definition) is 0. The van der Waals surface area contributed by atoms with Crippen LogP contribution in [0.25, 0.3) is 0 Å². The van der Waals surface area contributed by atoms with Crippen LogP contribution in [0.2, 0.25) is 10.6 Å². The third-order valence-electron chi connectivity index (χ3n) is 1.28. The molecule has 0 unspecified atom stereocenters. The minimum atomic E-state index is 0. The number of rotatable bonds is 4. The Morgan fingerprint density at radius 3 is 1.40 bits per heavy atom. The molecule has 0 aromatic rings. The van der Waals surface area contributed by atoms with Crippen molar-refractivity contribution in [2.45, 2.75) is 38.3 Å². The average Bonchev–Trinajstić information content (AvgIpc) is 1.63. The van der Waals surface area contributed by atoms with Gasteiger partial charge in [0.15, 0.2) is 0 Å². The molecule has 0 aromatic heterocycles. The van der Waals surface area contributed by atoms with Crippen LogP contribution >= 0.6 is 0 Å². The van der Waals surface area contributed by atoms with Gasteiger partial charge >= 0.3 is 65.3 Å². The molecular weight excluding hydrogens is 203 g/mol. The Kier molecular flexibility index (Phi) is 11.0. The minimum Gasteiger partial charge on any atom is -1.00 e. The third kappa shape index (κ3) is 11.8. The summed E-state index contributed by atoms with van der Waals surface area (Å²) in [6.45, 7) is 9.25. The topological polar surface area (TPSA) is 0 Å². The second kappa shape index (κ2) is 8.11. The van der Waals surface area contributed by atoms with Gasteiger partial charge in [0.05, 0.1) is 0 Å². The van der Waals surface area contributed by atoms with Gasteiger partial charge in [0.2, 0.25) is 0 Å². The van der Waals surface area contributed by atoms with E-state index in [4.69, 9.17) is 0 Å². The van der Waals surface area contributed by atoms with Gasteiger partial charge in [-0.3, -0.25) is 0 Å². The zero-order valence-electron chi connectivity index (χ0n) is 7.52. The molecule has 10 heavy (non-hydrogen) atoms. The van der Waals surface area contributed by atoms with Crippen molar-refractivity contribution in [2.75, 3.05) is 0 Å². The monoisotopic (exact) mass is 220 g/mol. The van der Waals surface area contributed by atoms with Gasteiger partial charge < -0.3 is 17.0 Å². The fourth-order valence-electron chi connectivity index (χ4n) is 0.763. The average molecular weight is 221 g/mol. The van der Waals surface area contributed by atoms with Gasteiger partial charge in [-0.25, -0.2) is 0 Å². The quantitative estimate of drug-likeness (QED) is 0.579. The molecule has 0 saturated carbocycles. The van der Waals surface area contributed by atoms with Crippen molar-refractivity contribution in [3.8, 4) is 0 Å². The third-order valence-corrected chi connectivity index (χ3v) is 3.83. The molecule has 0 heterocycles. The fraction of sp³-hybridized carbons (Fsp3) is 1.00. The van der Waals surface area contributed by atoms with Gasteiger partial charge in [0, 0.05) is 0 Å². The molecule has 0 radical (unpaired) electrons. The fourth-order valence-corrected chi connectivity index (χ4v) is 2.29. The summed E-state index contributed by atoms with van der Waals surface area (Å²) in [5.74, 6) is 1.86. The van der Waals surface area contributed by atoms with Crippen LogP contribution in [0.1, 0.15) is 27.7 Å². The Morgan fingerprint density at radius 2 is 1.20 bits per heavy atom. The maximum Gasteiger partial charge on any atom is -1.00 e. The largest absolute Gasteiger partial charge is 1.00 e. The van der Waals surface area contributed by atoms with Gasteiger partial charge in [-0.2, -0.15) is 0 Å². The van der Waals surface area contributed by atoms with E-state index in [-0.39, 0.29) is 17.0 Å². The second-order valence-electron chi connectivity index (χ2n) is 3.55. The van der Waals surface area contributed by atoms with Gasteiger partial charge in [-0.1, -0.05) is 0 Å². The first kappa shape index (κ1) is 13.6. The molecule has 0 spiro atoms. The molecule has 0 aliphatic rings. The summed E-state index contributed by atoms with van der Waals surface area (Å²) in [5.41, 5.74) is 0. The normalized spacial score (nSPS) is 9.40. The standard InChI is InChI=1S/2C4H9.Al.BrH/c2*1-4(2)3;;/h2*4H,1H2,2-3H3;;1H/q;;+1;/p-1. The predicted octanol–water partition coefficient (Wildman–Crippen LogP) is -0.157. The van der Waals surface area contributed by atoms with Gasteiger partial charge in [0.25, 0.3) is 0 Å². The van der Waals surface area contributed by atoms with E-state index in [0.717, 1.165) is 27.1 Å². The Morgan fingerprint density at radius 1 is 0.900 bits per heavy atom. The summed E-state index contributed by atoms with van der Waals surface area (Å²) in [6.07, 6.45) is 0. The molecule has 0 aromatic carbocycles. The van der Waals surface area contributed by atoms with Crippen LogP contribution in [0.4, 0.5) is 0 Å². The Balaban J connectivity index is 0. The van der Waals surface area contributed by atoms with Crippen molar-refractivity contribution in [2.24, 2.45) is 11.8 Å². The molecular formula is C8H18AlBr. The molecule has 0 fully saturated rings. The molecule has 0 bridgehead atoms. The molecule has 0 rings (SSSR count). The minimum absolute atomic E-state index is 0. The van der Waals surface area contributed by atoms with Gasteiger partial charge in [-0.15, -0.1) is 0 Å². The first-order valence-electron chi connectivity index (χ1n) is 3.94. The predicted molar refractivity (Wildman–Crippen MR) is 45.0 cm³/mol. The van der Waals surface area contributed by atoms with Gasteiger partial charge in [-0.05, 0) is 0 Å². The second-order valence-corrected chi connectivity index (χ2v) is 5.07. The number of hydrogen-bond donors (Lipinski definition) is 0. The first-order valence-corrected chi connectivity index (χ1v) is 5.58. The van der Waals surface area contributed by atoms with E-state index < -0.39 is 0 Å².